The molecule has 2 aromatic heterocycles. The van der Waals surface area contributed by atoms with Crippen molar-refractivity contribution in [2.24, 2.45) is 0 Å². The number of amides is 1. The molecule has 0 aliphatic rings. The molecule has 0 fully saturated rings. The van der Waals surface area contributed by atoms with Gasteiger partial charge in [0, 0.05) is 6.20 Å². The summed E-state index contributed by atoms with van der Waals surface area (Å²) in [6.45, 7) is 5.08. The molecule has 0 N–H and O–H groups in total. The fourth-order valence-electron chi connectivity index (χ4n) is 3.45. The van der Waals surface area contributed by atoms with E-state index in [9.17, 15) is 4.79 Å². The standard InChI is InChI=1S/C25H25N3O2S/c1-3-19-8-7-10-22-24(19)27-25(31-22)28(17-20-9-5-6-15-26-20)23(29)16-18-11-13-21(14-12-18)30-4-2/h5-15H,3-4,16-17H2,1-2H3. The van der Waals surface area contributed by atoms with E-state index in [-0.39, 0.29) is 12.3 Å². The van der Waals surface area contributed by atoms with Crippen LogP contribution in [0.1, 0.15) is 30.7 Å². The van der Waals surface area contributed by atoms with Gasteiger partial charge >= 0.3 is 0 Å². The molecule has 0 unspecified atom stereocenters. The molecule has 2 aromatic carbocycles. The van der Waals surface area contributed by atoms with Gasteiger partial charge in [0.05, 0.1) is 35.5 Å². The van der Waals surface area contributed by atoms with E-state index >= 15 is 0 Å². The largest absolute Gasteiger partial charge is 0.494 e. The fourth-order valence-corrected chi connectivity index (χ4v) is 4.48. The lowest BCUT2D eigenvalue weighted by molar-refractivity contribution is -0.118. The molecule has 31 heavy (non-hydrogen) atoms. The maximum atomic E-state index is 13.4. The van der Waals surface area contributed by atoms with Crippen molar-refractivity contribution in [2.45, 2.75) is 33.2 Å². The Balaban J connectivity index is 1.64. The van der Waals surface area contributed by atoms with Crippen molar-refractivity contribution < 1.29 is 9.53 Å². The summed E-state index contributed by atoms with van der Waals surface area (Å²) in [5.41, 5.74) is 3.94. The third-order valence-electron chi connectivity index (χ3n) is 5.04. The number of benzene rings is 2. The van der Waals surface area contributed by atoms with E-state index in [0.29, 0.717) is 18.3 Å². The number of aryl methyl sites for hydroxylation is 1. The number of hydrogen-bond acceptors (Lipinski definition) is 5. The molecule has 0 aliphatic heterocycles. The molecular formula is C25H25N3O2S. The molecule has 0 spiro atoms. The van der Waals surface area contributed by atoms with Crippen LogP contribution in [0.2, 0.25) is 0 Å². The van der Waals surface area contributed by atoms with Crippen molar-refractivity contribution >= 4 is 32.6 Å². The van der Waals surface area contributed by atoms with Gasteiger partial charge in [0.2, 0.25) is 5.91 Å². The molecule has 0 aliphatic carbocycles. The second-order valence-corrected chi connectivity index (χ2v) is 8.18. The minimum absolute atomic E-state index is 0.00748. The van der Waals surface area contributed by atoms with E-state index in [1.807, 2.05) is 55.5 Å². The Labute approximate surface area is 186 Å². The van der Waals surface area contributed by atoms with Gasteiger partial charge in [-0.2, -0.15) is 0 Å². The number of carbonyl (C=O) groups is 1. The molecule has 2 heterocycles. The SMILES string of the molecule is CCOc1ccc(CC(=O)N(Cc2ccccn2)c2nc3c(CC)cccc3s2)cc1. The lowest BCUT2D eigenvalue weighted by Crippen LogP contribution is -2.32. The minimum Gasteiger partial charge on any atom is -0.494 e. The summed E-state index contributed by atoms with van der Waals surface area (Å²) in [7, 11) is 0. The van der Waals surface area contributed by atoms with Crippen molar-refractivity contribution in [1.29, 1.82) is 0 Å². The second-order valence-electron chi connectivity index (χ2n) is 7.17. The first kappa shape index (κ1) is 21.0. The van der Waals surface area contributed by atoms with Crippen LogP contribution in [0.3, 0.4) is 0 Å². The Morgan fingerprint density at radius 2 is 1.87 bits per heavy atom. The number of nitrogens with zero attached hydrogens (tertiary/aromatic N) is 3. The number of carbonyl (C=O) groups excluding carboxylic acids is 1. The number of aromatic nitrogens is 2. The summed E-state index contributed by atoms with van der Waals surface area (Å²) >= 11 is 1.55. The number of fused-ring (bicyclic) bond motifs is 1. The lowest BCUT2D eigenvalue weighted by Gasteiger charge is -2.19. The molecule has 4 aromatic rings. The maximum absolute atomic E-state index is 13.4. The van der Waals surface area contributed by atoms with Crippen LogP contribution in [-0.2, 0) is 24.2 Å². The van der Waals surface area contributed by atoms with Crippen LogP contribution in [0.5, 0.6) is 5.75 Å². The first-order valence-electron chi connectivity index (χ1n) is 10.5. The molecule has 4 rings (SSSR count). The van der Waals surface area contributed by atoms with Crippen molar-refractivity contribution in [2.75, 3.05) is 11.5 Å². The minimum atomic E-state index is -0.00748. The summed E-state index contributed by atoms with van der Waals surface area (Å²) in [5.74, 6) is 0.800. The van der Waals surface area contributed by atoms with E-state index in [1.165, 1.54) is 5.56 Å². The van der Waals surface area contributed by atoms with Crippen LogP contribution >= 0.6 is 11.3 Å². The van der Waals surface area contributed by atoms with E-state index in [4.69, 9.17) is 9.72 Å². The Morgan fingerprint density at radius 1 is 1.03 bits per heavy atom. The Hall–Kier alpha value is -3.25. The smallest absolute Gasteiger partial charge is 0.233 e. The lowest BCUT2D eigenvalue weighted by atomic mass is 10.1. The van der Waals surface area contributed by atoms with E-state index in [2.05, 4.69) is 24.0 Å². The number of rotatable bonds is 8. The van der Waals surface area contributed by atoms with Gasteiger partial charge < -0.3 is 4.74 Å². The highest BCUT2D eigenvalue weighted by molar-refractivity contribution is 7.22. The molecule has 6 heteroatoms. The molecular weight excluding hydrogens is 406 g/mol. The maximum Gasteiger partial charge on any atom is 0.233 e. The first-order valence-corrected chi connectivity index (χ1v) is 11.3. The number of pyridine rings is 1. The van der Waals surface area contributed by atoms with E-state index in [1.54, 1.807) is 22.4 Å². The van der Waals surface area contributed by atoms with Gasteiger partial charge in [0.15, 0.2) is 5.13 Å². The van der Waals surface area contributed by atoms with E-state index in [0.717, 1.165) is 33.6 Å². The highest BCUT2D eigenvalue weighted by Crippen LogP contribution is 2.32. The zero-order valence-electron chi connectivity index (χ0n) is 17.7. The van der Waals surface area contributed by atoms with Gasteiger partial charge in [-0.3, -0.25) is 14.7 Å². The normalized spacial score (nSPS) is 10.9. The van der Waals surface area contributed by atoms with Crippen molar-refractivity contribution in [3.8, 4) is 5.75 Å². The summed E-state index contributed by atoms with van der Waals surface area (Å²) in [6, 6.07) is 19.6. The van der Waals surface area contributed by atoms with Crippen molar-refractivity contribution in [3.05, 3.63) is 83.7 Å². The molecule has 0 saturated carbocycles. The molecule has 5 nitrogen and oxygen atoms in total. The molecule has 158 valence electrons. The number of para-hydroxylation sites is 1. The predicted octanol–water partition coefficient (Wildman–Crippen LogP) is 5.43. The molecule has 0 radical (unpaired) electrons. The van der Waals surface area contributed by atoms with Crippen LogP contribution in [-0.4, -0.2) is 22.5 Å². The average Bonchev–Trinajstić information content (AvgIpc) is 3.23. The fraction of sp³-hybridized carbons (Fsp3) is 0.240. The van der Waals surface area contributed by atoms with Crippen molar-refractivity contribution in [3.63, 3.8) is 0 Å². The van der Waals surface area contributed by atoms with Crippen LogP contribution in [0.4, 0.5) is 5.13 Å². The first-order chi connectivity index (χ1) is 15.2. The van der Waals surface area contributed by atoms with Gasteiger partial charge in [-0.05, 0) is 54.8 Å². The molecule has 0 saturated heterocycles. The zero-order valence-corrected chi connectivity index (χ0v) is 18.6. The Morgan fingerprint density at radius 3 is 2.58 bits per heavy atom. The average molecular weight is 432 g/mol. The predicted molar refractivity (Wildman–Crippen MR) is 126 cm³/mol. The van der Waals surface area contributed by atoms with Gasteiger partial charge in [-0.1, -0.05) is 48.6 Å². The monoisotopic (exact) mass is 431 g/mol. The van der Waals surface area contributed by atoms with Crippen molar-refractivity contribution in [1.82, 2.24) is 9.97 Å². The van der Waals surface area contributed by atoms with Gasteiger partial charge in [0.1, 0.15) is 5.75 Å². The van der Waals surface area contributed by atoms with Crippen LogP contribution in [0, 0.1) is 0 Å². The number of hydrogen-bond donors (Lipinski definition) is 0. The quantitative estimate of drug-likeness (QED) is 0.373. The molecule has 0 bridgehead atoms. The van der Waals surface area contributed by atoms with E-state index < -0.39 is 0 Å². The van der Waals surface area contributed by atoms with Gasteiger partial charge in [-0.25, -0.2) is 4.98 Å². The topological polar surface area (TPSA) is 55.3 Å². The van der Waals surface area contributed by atoms with Crippen LogP contribution in [0.15, 0.2) is 66.9 Å². The molecule has 0 atom stereocenters. The highest BCUT2D eigenvalue weighted by Gasteiger charge is 2.21. The summed E-state index contributed by atoms with van der Waals surface area (Å²) in [6.07, 6.45) is 2.94. The third-order valence-corrected chi connectivity index (χ3v) is 6.08. The zero-order chi connectivity index (χ0) is 21.6. The Kier molecular flexibility index (Phi) is 6.57. The highest BCUT2D eigenvalue weighted by atomic mass is 32.1. The number of anilines is 1. The van der Waals surface area contributed by atoms with Gasteiger partial charge in [-0.15, -0.1) is 0 Å². The summed E-state index contributed by atoms with van der Waals surface area (Å²) in [4.78, 5) is 24.4. The second kappa shape index (κ2) is 9.71. The van der Waals surface area contributed by atoms with Crippen LogP contribution in [0.25, 0.3) is 10.2 Å². The molecule has 1 amide bonds. The summed E-state index contributed by atoms with van der Waals surface area (Å²) < 4.78 is 6.60. The number of ether oxygens (including phenoxy) is 1. The third kappa shape index (κ3) is 4.91. The van der Waals surface area contributed by atoms with Gasteiger partial charge in [0.25, 0.3) is 0 Å². The number of thiazole rings is 1. The summed E-state index contributed by atoms with van der Waals surface area (Å²) in [5, 5.41) is 0.706. The Bertz CT molecular complexity index is 1160. The van der Waals surface area contributed by atoms with Crippen LogP contribution < -0.4 is 9.64 Å².